The molecule has 0 aliphatic heterocycles. The van der Waals surface area contributed by atoms with Gasteiger partial charge in [-0.15, -0.1) is 0 Å². The van der Waals surface area contributed by atoms with E-state index in [0.29, 0.717) is 0 Å². The number of rotatable bonds is 9. The van der Waals surface area contributed by atoms with Gasteiger partial charge < -0.3 is 33.0 Å². The Kier molecular flexibility index (Phi) is 8.62. The molecule has 1 aromatic carbocycles. The maximum atomic E-state index is 2.55. The molecule has 0 N–H and O–H groups in total. The van der Waals surface area contributed by atoms with Gasteiger partial charge in [0.05, 0.1) is 26.8 Å². The van der Waals surface area contributed by atoms with Gasteiger partial charge in [0.1, 0.15) is 6.54 Å². The number of benzene rings is 1. The highest BCUT2D eigenvalue weighted by Crippen LogP contribution is 2.22. The number of fused-ring (bicyclic) bond motifs is 1. The van der Waals surface area contributed by atoms with E-state index in [2.05, 4.69) is 63.0 Å². The summed E-state index contributed by atoms with van der Waals surface area (Å²) in [4.78, 5) is 0. The fraction of sp³-hybridized carbons (Fsp3) is 0.600. The maximum absolute atomic E-state index is 2.55. The van der Waals surface area contributed by atoms with Crippen LogP contribution in [0.3, 0.4) is 0 Å². The summed E-state index contributed by atoms with van der Waals surface area (Å²) in [5.74, 6) is 0. The molecule has 1 heterocycles. The van der Waals surface area contributed by atoms with E-state index in [-0.39, 0.29) is 24.0 Å². The van der Waals surface area contributed by atoms with Crippen LogP contribution in [0.5, 0.6) is 0 Å². The zero-order valence-electron chi connectivity index (χ0n) is 15.3. The molecule has 2 aromatic rings. The van der Waals surface area contributed by atoms with E-state index < -0.39 is 0 Å². The zero-order chi connectivity index (χ0) is 16.0. The minimum absolute atomic E-state index is 0. The van der Waals surface area contributed by atoms with Gasteiger partial charge in [0.15, 0.2) is 0 Å². The number of hydrogen-bond donors (Lipinski definition) is 0. The molecule has 0 saturated carbocycles. The van der Waals surface area contributed by atoms with Gasteiger partial charge in [0.2, 0.25) is 0 Å². The number of quaternary nitrogens is 1. The first-order valence-corrected chi connectivity index (χ1v) is 8.89. The number of para-hydroxylation sites is 1. The fourth-order valence-electron chi connectivity index (χ4n) is 3.20. The summed E-state index contributed by atoms with van der Waals surface area (Å²) in [5.41, 5.74) is 2.88. The van der Waals surface area contributed by atoms with Crippen molar-refractivity contribution in [2.75, 3.05) is 21.1 Å². The SMILES string of the molecule is CCCCCCCCn1c(C[N+](C)(C)C)cc2ccccc21.[I-]. The van der Waals surface area contributed by atoms with Crippen LogP contribution in [0.25, 0.3) is 10.9 Å². The quantitative estimate of drug-likeness (QED) is 0.328. The largest absolute Gasteiger partial charge is 1.00 e. The molecule has 2 nitrogen and oxygen atoms in total. The molecular weight excluding hydrogens is 395 g/mol. The number of halogens is 1. The van der Waals surface area contributed by atoms with Gasteiger partial charge in [-0.3, -0.25) is 0 Å². The lowest BCUT2D eigenvalue weighted by molar-refractivity contribution is -0.884. The van der Waals surface area contributed by atoms with E-state index in [4.69, 9.17) is 0 Å². The number of aryl methyl sites for hydroxylation is 1. The van der Waals surface area contributed by atoms with Crippen LogP contribution < -0.4 is 24.0 Å². The van der Waals surface area contributed by atoms with Crippen LogP contribution in [0.1, 0.15) is 51.1 Å². The molecule has 130 valence electrons. The number of nitrogens with zero attached hydrogens (tertiary/aromatic N) is 2. The Balaban J connectivity index is 0.00000264. The van der Waals surface area contributed by atoms with Crippen LogP contribution in [-0.4, -0.2) is 30.2 Å². The van der Waals surface area contributed by atoms with Crippen LogP contribution in [0.15, 0.2) is 30.3 Å². The highest BCUT2D eigenvalue weighted by Gasteiger charge is 2.15. The highest BCUT2D eigenvalue weighted by atomic mass is 127. The molecule has 2 rings (SSSR count). The third-order valence-electron chi connectivity index (χ3n) is 4.27. The summed E-state index contributed by atoms with van der Waals surface area (Å²) in [6.45, 7) is 4.53. The van der Waals surface area contributed by atoms with Gasteiger partial charge in [-0.1, -0.05) is 57.2 Å². The smallest absolute Gasteiger partial charge is 0.119 e. The third-order valence-corrected chi connectivity index (χ3v) is 4.27. The second-order valence-corrected chi connectivity index (χ2v) is 7.56. The third kappa shape index (κ3) is 6.46. The summed E-state index contributed by atoms with van der Waals surface area (Å²) >= 11 is 0. The second kappa shape index (κ2) is 9.67. The minimum atomic E-state index is 0. The average molecular weight is 428 g/mol. The van der Waals surface area contributed by atoms with Crippen molar-refractivity contribution >= 4 is 10.9 Å². The molecule has 0 radical (unpaired) electrons. The van der Waals surface area contributed by atoms with Crippen LogP contribution in [0.4, 0.5) is 0 Å². The normalized spacial score (nSPS) is 11.7. The first kappa shape index (κ1) is 20.5. The lowest BCUT2D eigenvalue weighted by Gasteiger charge is -2.24. The van der Waals surface area contributed by atoms with Crippen molar-refractivity contribution < 1.29 is 28.5 Å². The summed E-state index contributed by atoms with van der Waals surface area (Å²) in [6, 6.07) is 11.2. The van der Waals surface area contributed by atoms with Gasteiger partial charge in [-0.25, -0.2) is 0 Å². The van der Waals surface area contributed by atoms with Crippen molar-refractivity contribution in [3.63, 3.8) is 0 Å². The summed E-state index contributed by atoms with van der Waals surface area (Å²) < 4.78 is 3.53. The van der Waals surface area contributed by atoms with E-state index in [1.165, 1.54) is 55.1 Å². The molecule has 0 spiro atoms. The van der Waals surface area contributed by atoms with Crippen LogP contribution in [-0.2, 0) is 13.1 Å². The topological polar surface area (TPSA) is 4.93 Å². The van der Waals surface area contributed by atoms with Gasteiger partial charge in [0.25, 0.3) is 0 Å². The Labute approximate surface area is 159 Å². The predicted octanol–water partition coefficient (Wildman–Crippen LogP) is 2.21. The zero-order valence-corrected chi connectivity index (χ0v) is 17.5. The molecule has 23 heavy (non-hydrogen) atoms. The predicted molar refractivity (Wildman–Crippen MR) is 97.1 cm³/mol. The molecule has 0 unspecified atom stereocenters. The van der Waals surface area contributed by atoms with Gasteiger partial charge in [0, 0.05) is 17.4 Å². The molecular formula is C20H33IN2. The van der Waals surface area contributed by atoms with Crippen molar-refractivity contribution in [2.24, 2.45) is 0 Å². The standard InChI is InChI=1S/C20H33N2.HI/c1-5-6-7-8-9-12-15-21-19(17-22(2,3)4)16-18-13-10-11-14-20(18)21;/h10-11,13-14,16H,5-9,12,15,17H2,1-4H3;1H/q+1;/p-1. The van der Waals surface area contributed by atoms with Gasteiger partial charge in [-0.05, 0) is 18.6 Å². The average Bonchev–Trinajstić information content (AvgIpc) is 2.78. The van der Waals surface area contributed by atoms with E-state index in [1.54, 1.807) is 0 Å². The molecule has 0 saturated heterocycles. The molecule has 1 aromatic heterocycles. The highest BCUT2D eigenvalue weighted by molar-refractivity contribution is 5.81. The van der Waals surface area contributed by atoms with Crippen LogP contribution >= 0.6 is 0 Å². The Bertz CT molecular complexity index is 581. The van der Waals surface area contributed by atoms with E-state index in [0.717, 1.165) is 17.6 Å². The minimum Gasteiger partial charge on any atom is -1.00 e. The van der Waals surface area contributed by atoms with Crippen molar-refractivity contribution in [1.29, 1.82) is 0 Å². The summed E-state index contributed by atoms with van der Waals surface area (Å²) in [6.07, 6.45) is 8.16. The Hall–Kier alpha value is -0.550. The maximum Gasteiger partial charge on any atom is 0.119 e. The van der Waals surface area contributed by atoms with E-state index in [1.807, 2.05) is 0 Å². The summed E-state index contributed by atoms with van der Waals surface area (Å²) in [5, 5.41) is 1.39. The van der Waals surface area contributed by atoms with Crippen molar-refractivity contribution in [3.8, 4) is 0 Å². The molecule has 3 heteroatoms. The van der Waals surface area contributed by atoms with Gasteiger partial charge >= 0.3 is 0 Å². The van der Waals surface area contributed by atoms with Crippen molar-refractivity contribution in [1.82, 2.24) is 4.57 Å². The molecule has 0 atom stereocenters. The molecule has 0 bridgehead atoms. The Morgan fingerprint density at radius 2 is 1.57 bits per heavy atom. The molecule has 0 aliphatic carbocycles. The second-order valence-electron chi connectivity index (χ2n) is 7.56. The number of hydrogen-bond acceptors (Lipinski definition) is 0. The Morgan fingerprint density at radius 3 is 2.26 bits per heavy atom. The van der Waals surface area contributed by atoms with Crippen molar-refractivity contribution in [3.05, 3.63) is 36.0 Å². The molecule has 0 fully saturated rings. The first-order chi connectivity index (χ1) is 10.5. The lowest BCUT2D eigenvalue weighted by atomic mass is 10.1. The van der Waals surface area contributed by atoms with Gasteiger partial charge in [-0.2, -0.15) is 0 Å². The van der Waals surface area contributed by atoms with E-state index >= 15 is 0 Å². The monoisotopic (exact) mass is 428 g/mol. The lowest BCUT2D eigenvalue weighted by Crippen LogP contribution is -3.00. The van der Waals surface area contributed by atoms with E-state index in [9.17, 15) is 0 Å². The van der Waals surface area contributed by atoms with Crippen LogP contribution in [0.2, 0.25) is 0 Å². The number of unbranched alkanes of at least 4 members (excludes halogenated alkanes) is 5. The van der Waals surface area contributed by atoms with Crippen molar-refractivity contribution in [2.45, 2.75) is 58.5 Å². The van der Waals surface area contributed by atoms with Crippen LogP contribution in [0, 0.1) is 0 Å². The number of aromatic nitrogens is 1. The summed E-state index contributed by atoms with van der Waals surface area (Å²) in [7, 11) is 6.81. The first-order valence-electron chi connectivity index (χ1n) is 8.89. The molecule has 0 amide bonds. The molecule has 0 aliphatic rings. The fourth-order valence-corrected chi connectivity index (χ4v) is 3.20. The Morgan fingerprint density at radius 1 is 0.913 bits per heavy atom.